The van der Waals surface area contributed by atoms with Crippen LogP contribution in [0.1, 0.15) is 21.5 Å². The number of benzene rings is 1. The summed E-state index contributed by atoms with van der Waals surface area (Å²) in [4.78, 5) is 0.0758. The summed E-state index contributed by atoms with van der Waals surface area (Å²) in [6.45, 7) is 2.08. The predicted molar refractivity (Wildman–Crippen MR) is 84.0 cm³/mol. The fourth-order valence-electron chi connectivity index (χ4n) is 1.62. The second-order valence-corrected chi connectivity index (χ2v) is 7.76. The Hall–Kier alpha value is 0.460. The van der Waals surface area contributed by atoms with Gasteiger partial charge in [0.25, 0.3) is 0 Å². The first-order valence-electron chi connectivity index (χ1n) is 4.84. The first-order valence-corrected chi connectivity index (χ1v) is 8.12. The SMILES string of the molecule is Cc1cc(Br)ccc1C(Br)c1cc(Cl)sc1Cl. The van der Waals surface area contributed by atoms with Gasteiger partial charge in [0, 0.05) is 10.0 Å². The number of halogens is 4. The standard InChI is InChI=1S/C12H8Br2Cl2S/c1-6-4-7(13)2-3-8(6)11(14)9-5-10(15)17-12(9)16/h2-5,11H,1H3. The van der Waals surface area contributed by atoms with Crippen molar-refractivity contribution < 1.29 is 0 Å². The van der Waals surface area contributed by atoms with Gasteiger partial charge in [0.1, 0.15) is 0 Å². The van der Waals surface area contributed by atoms with Crippen molar-refractivity contribution in [1.82, 2.24) is 0 Å². The van der Waals surface area contributed by atoms with Crippen LogP contribution in [0.5, 0.6) is 0 Å². The summed E-state index contributed by atoms with van der Waals surface area (Å²) in [7, 11) is 0. The summed E-state index contributed by atoms with van der Waals surface area (Å²) in [5.74, 6) is 0. The fraction of sp³-hybridized carbons (Fsp3) is 0.167. The highest BCUT2D eigenvalue weighted by molar-refractivity contribution is 9.10. The van der Waals surface area contributed by atoms with Crippen LogP contribution >= 0.6 is 66.4 Å². The van der Waals surface area contributed by atoms with Crippen LogP contribution in [-0.4, -0.2) is 0 Å². The quantitative estimate of drug-likeness (QED) is 0.485. The number of hydrogen-bond donors (Lipinski definition) is 0. The van der Waals surface area contributed by atoms with Crippen molar-refractivity contribution in [2.24, 2.45) is 0 Å². The zero-order valence-electron chi connectivity index (χ0n) is 8.81. The molecule has 0 radical (unpaired) electrons. The highest BCUT2D eigenvalue weighted by Crippen LogP contribution is 2.42. The van der Waals surface area contributed by atoms with E-state index in [9.17, 15) is 0 Å². The van der Waals surface area contributed by atoms with Gasteiger partial charge in [-0.1, -0.05) is 61.1 Å². The molecule has 0 spiro atoms. The molecule has 0 amide bonds. The molecule has 5 heteroatoms. The van der Waals surface area contributed by atoms with Gasteiger partial charge >= 0.3 is 0 Å². The molecule has 0 saturated carbocycles. The van der Waals surface area contributed by atoms with Gasteiger partial charge in [-0.3, -0.25) is 0 Å². The minimum Gasteiger partial charge on any atom is -0.111 e. The van der Waals surface area contributed by atoms with E-state index in [0.29, 0.717) is 4.34 Å². The van der Waals surface area contributed by atoms with Crippen LogP contribution in [0, 0.1) is 6.92 Å². The van der Waals surface area contributed by atoms with Crippen LogP contribution in [0.25, 0.3) is 0 Å². The molecule has 0 nitrogen and oxygen atoms in total. The molecule has 1 aromatic heterocycles. The molecular weight excluding hydrogens is 407 g/mol. The van der Waals surface area contributed by atoms with Gasteiger partial charge in [0.15, 0.2) is 0 Å². The topological polar surface area (TPSA) is 0 Å². The van der Waals surface area contributed by atoms with Crippen LogP contribution in [-0.2, 0) is 0 Å². The van der Waals surface area contributed by atoms with E-state index in [1.807, 2.05) is 12.1 Å². The number of hydrogen-bond acceptors (Lipinski definition) is 1. The van der Waals surface area contributed by atoms with Crippen LogP contribution in [0.15, 0.2) is 28.7 Å². The molecule has 0 N–H and O–H groups in total. The van der Waals surface area contributed by atoms with E-state index in [-0.39, 0.29) is 4.83 Å². The molecule has 90 valence electrons. The van der Waals surface area contributed by atoms with Crippen molar-refractivity contribution in [2.45, 2.75) is 11.8 Å². The Labute approximate surface area is 131 Å². The van der Waals surface area contributed by atoms with E-state index in [4.69, 9.17) is 23.2 Å². The largest absolute Gasteiger partial charge is 0.111 e. The number of thiophene rings is 1. The smallest absolute Gasteiger partial charge is 0.0990 e. The second-order valence-electron chi connectivity index (χ2n) is 3.64. The lowest BCUT2D eigenvalue weighted by atomic mass is 10.0. The summed E-state index contributed by atoms with van der Waals surface area (Å²) < 4.78 is 2.52. The molecule has 0 aliphatic heterocycles. The van der Waals surface area contributed by atoms with E-state index in [2.05, 4.69) is 50.9 Å². The molecule has 1 unspecified atom stereocenters. The second kappa shape index (κ2) is 5.62. The Morgan fingerprint density at radius 1 is 1.18 bits per heavy atom. The van der Waals surface area contributed by atoms with Gasteiger partial charge < -0.3 is 0 Å². The zero-order valence-corrected chi connectivity index (χ0v) is 14.3. The minimum absolute atomic E-state index is 0.0758. The highest BCUT2D eigenvalue weighted by Gasteiger charge is 2.18. The van der Waals surface area contributed by atoms with Crippen LogP contribution in [0.2, 0.25) is 8.67 Å². The normalized spacial score (nSPS) is 12.8. The van der Waals surface area contributed by atoms with Gasteiger partial charge in [-0.2, -0.15) is 0 Å². The van der Waals surface area contributed by atoms with E-state index in [1.54, 1.807) is 0 Å². The van der Waals surface area contributed by atoms with Gasteiger partial charge in [0.2, 0.25) is 0 Å². The zero-order chi connectivity index (χ0) is 12.6. The molecule has 0 bridgehead atoms. The Morgan fingerprint density at radius 2 is 1.88 bits per heavy atom. The third kappa shape index (κ3) is 3.07. The van der Waals surface area contributed by atoms with Crippen LogP contribution in [0.4, 0.5) is 0 Å². The lowest BCUT2D eigenvalue weighted by Crippen LogP contribution is -1.94. The Bertz CT molecular complexity index is 551. The summed E-state index contributed by atoms with van der Waals surface area (Å²) in [6, 6.07) is 8.11. The van der Waals surface area contributed by atoms with Crippen molar-refractivity contribution in [2.75, 3.05) is 0 Å². The van der Waals surface area contributed by atoms with Gasteiger partial charge in [-0.05, 0) is 36.2 Å². The molecule has 17 heavy (non-hydrogen) atoms. The maximum Gasteiger partial charge on any atom is 0.0990 e. The Kier molecular flexibility index (Phi) is 4.59. The number of rotatable bonds is 2. The number of aryl methyl sites for hydroxylation is 1. The fourth-order valence-corrected chi connectivity index (χ4v) is 4.78. The lowest BCUT2D eigenvalue weighted by molar-refractivity contribution is 1.15. The molecule has 1 aromatic carbocycles. The summed E-state index contributed by atoms with van der Waals surface area (Å²) in [5.41, 5.74) is 3.43. The van der Waals surface area contributed by atoms with E-state index < -0.39 is 0 Å². The van der Waals surface area contributed by atoms with E-state index in [0.717, 1.165) is 14.4 Å². The van der Waals surface area contributed by atoms with E-state index in [1.165, 1.54) is 22.5 Å². The molecule has 0 saturated heterocycles. The molecule has 1 atom stereocenters. The average Bonchev–Trinajstić information content (AvgIpc) is 2.57. The molecule has 0 fully saturated rings. The first-order chi connectivity index (χ1) is 7.99. The molecule has 2 aromatic rings. The Balaban J connectivity index is 2.43. The van der Waals surface area contributed by atoms with Crippen LogP contribution in [0.3, 0.4) is 0 Å². The summed E-state index contributed by atoms with van der Waals surface area (Å²) >= 11 is 20.7. The van der Waals surface area contributed by atoms with Gasteiger partial charge in [-0.25, -0.2) is 0 Å². The molecule has 2 rings (SSSR count). The average molecular weight is 415 g/mol. The molecule has 1 heterocycles. The monoisotopic (exact) mass is 412 g/mol. The highest BCUT2D eigenvalue weighted by atomic mass is 79.9. The summed E-state index contributed by atoms with van der Waals surface area (Å²) in [6.07, 6.45) is 0. The van der Waals surface area contributed by atoms with Crippen molar-refractivity contribution in [3.8, 4) is 0 Å². The lowest BCUT2D eigenvalue weighted by Gasteiger charge is -2.12. The molecular formula is C12H8Br2Cl2S. The predicted octanol–water partition coefficient (Wildman–Crippen LogP) is 6.61. The van der Waals surface area contributed by atoms with Crippen molar-refractivity contribution in [3.05, 3.63) is 54.1 Å². The maximum absolute atomic E-state index is 6.17. The third-order valence-electron chi connectivity index (χ3n) is 2.46. The first kappa shape index (κ1) is 13.9. The van der Waals surface area contributed by atoms with Gasteiger partial charge in [-0.15, -0.1) is 11.3 Å². The van der Waals surface area contributed by atoms with Gasteiger partial charge in [0.05, 0.1) is 13.5 Å². The molecule has 0 aliphatic carbocycles. The van der Waals surface area contributed by atoms with Crippen molar-refractivity contribution in [3.63, 3.8) is 0 Å². The van der Waals surface area contributed by atoms with Crippen LogP contribution < -0.4 is 0 Å². The Morgan fingerprint density at radius 3 is 2.41 bits per heavy atom. The summed E-state index contributed by atoms with van der Waals surface area (Å²) in [5, 5.41) is 0. The maximum atomic E-state index is 6.17. The molecule has 0 aliphatic rings. The minimum atomic E-state index is 0.0758. The van der Waals surface area contributed by atoms with Crippen molar-refractivity contribution in [1.29, 1.82) is 0 Å². The number of alkyl halides is 1. The van der Waals surface area contributed by atoms with Crippen molar-refractivity contribution >= 4 is 66.4 Å². The van der Waals surface area contributed by atoms with E-state index >= 15 is 0 Å². The third-order valence-corrected chi connectivity index (χ3v) is 5.46.